The summed E-state index contributed by atoms with van der Waals surface area (Å²) in [6, 6.07) is 5.70. The summed E-state index contributed by atoms with van der Waals surface area (Å²) in [6.07, 6.45) is 2.85. The first-order valence-corrected chi connectivity index (χ1v) is 7.69. The molecule has 0 atom stereocenters. The summed E-state index contributed by atoms with van der Waals surface area (Å²) in [6.45, 7) is 6.35. The second-order valence-corrected chi connectivity index (χ2v) is 6.14. The summed E-state index contributed by atoms with van der Waals surface area (Å²) in [5.74, 6) is 0. The summed E-state index contributed by atoms with van der Waals surface area (Å²) in [5, 5.41) is 1.69. The Hall–Kier alpha value is -1.36. The van der Waals surface area contributed by atoms with Crippen molar-refractivity contribution in [2.75, 3.05) is 39.8 Å². The predicted octanol–water partition coefficient (Wildman–Crippen LogP) is 2.35. The van der Waals surface area contributed by atoms with Gasteiger partial charge in [-0.1, -0.05) is 17.7 Å². The van der Waals surface area contributed by atoms with Gasteiger partial charge in [0, 0.05) is 61.4 Å². The minimum Gasteiger partial charge on any atom is -0.345 e. The van der Waals surface area contributed by atoms with E-state index in [-0.39, 0.29) is 0 Å². The Kier molecular flexibility index (Phi) is 4.29. The van der Waals surface area contributed by atoms with Crippen LogP contribution >= 0.6 is 11.6 Å². The Morgan fingerprint density at radius 2 is 1.95 bits per heavy atom. The minimum atomic E-state index is 0.707. The van der Waals surface area contributed by atoms with Crippen molar-refractivity contribution in [2.45, 2.75) is 6.54 Å². The van der Waals surface area contributed by atoms with E-state index >= 15 is 0 Å². The molecule has 21 heavy (non-hydrogen) atoms. The Bertz CT molecular complexity index is 644. The Morgan fingerprint density at radius 1 is 1.19 bits per heavy atom. The molecule has 112 valence electrons. The first kappa shape index (κ1) is 14.6. The van der Waals surface area contributed by atoms with Crippen molar-refractivity contribution < 1.29 is 4.79 Å². The van der Waals surface area contributed by atoms with Crippen LogP contribution in [0.3, 0.4) is 0 Å². The van der Waals surface area contributed by atoms with Gasteiger partial charge in [-0.15, -0.1) is 0 Å². The number of hydrogen-bond donors (Lipinski definition) is 0. The summed E-state index contributed by atoms with van der Waals surface area (Å²) in [4.78, 5) is 16.0. The van der Waals surface area contributed by atoms with Gasteiger partial charge in [0.15, 0.2) is 6.29 Å². The minimum absolute atomic E-state index is 0.707. The molecule has 1 aromatic carbocycles. The summed E-state index contributed by atoms with van der Waals surface area (Å²) >= 11 is 6.09. The number of nitrogens with zero attached hydrogens (tertiary/aromatic N) is 3. The lowest BCUT2D eigenvalue weighted by molar-refractivity contribution is 0.112. The number of piperazine rings is 1. The second-order valence-electron chi connectivity index (χ2n) is 5.70. The molecule has 1 fully saturated rings. The van der Waals surface area contributed by atoms with Crippen molar-refractivity contribution in [3.63, 3.8) is 0 Å². The number of halogens is 1. The number of hydrogen-bond acceptors (Lipinski definition) is 3. The highest BCUT2D eigenvalue weighted by atomic mass is 35.5. The third-order valence-electron chi connectivity index (χ3n) is 4.26. The number of fused-ring (bicyclic) bond motifs is 1. The molecule has 1 aliphatic rings. The SMILES string of the molecule is CN1CCN(CCn2cc(C=O)c3ccc(Cl)cc32)CC1. The normalized spacial score (nSPS) is 17.4. The fourth-order valence-electron chi connectivity index (χ4n) is 2.89. The lowest BCUT2D eigenvalue weighted by atomic mass is 10.2. The van der Waals surface area contributed by atoms with Gasteiger partial charge >= 0.3 is 0 Å². The average molecular weight is 306 g/mol. The topological polar surface area (TPSA) is 28.5 Å². The zero-order chi connectivity index (χ0) is 14.8. The highest BCUT2D eigenvalue weighted by Gasteiger charge is 2.14. The van der Waals surface area contributed by atoms with Crippen molar-refractivity contribution in [1.82, 2.24) is 14.4 Å². The highest BCUT2D eigenvalue weighted by molar-refractivity contribution is 6.31. The van der Waals surface area contributed by atoms with Crippen LogP contribution in [0.5, 0.6) is 0 Å². The molecule has 0 spiro atoms. The molecular weight excluding hydrogens is 286 g/mol. The van der Waals surface area contributed by atoms with Crippen LogP contribution in [0.25, 0.3) is 10.9 Å². The fraction of sp³-hybridized carbons (Fsp3) is 0.438. The largest absolute Gasteiger partial charge is 0.345 e. The molecule has 2 heterocycles. The third-order valence-corrected chi connectivity index (χ3v) is 4.49. The van der Waals surface area contributed by atoms with Gasteiger partial charge in [0.2, 0.25) is 0 Å². The van der Waals surface area contributed by atoms with E-state index in [0.717, 1.165) is 62.0 Å². The maximum Gasteiger partial charge on any atom is 0.152 e. The number of carbonyl (C=O) groups is 1. The van der Waals surface area contributed by atoms with Crippen LogP contribution in [0.15, 0.2) is 24.4 Å². The third kappa shape index (κ3) is 3.12. The molecule has 1 saturated heterocycles. The molecule has 2 aromatic rings. The van der Waals surface area contributed by atoms with Gasteiger partial charge in [-0.2, -0.15) is 0 Å². The Balaban J connectivity index is 1.77. The van der Waals surface area contributed by atoms with E-state index in [1.807, 2.05) is 24.4 Å². The molecule has 0 amide bonds. The van der Waals surface area contributed by atoms with Gasteiger partial charge in [0.05, 0.1) is 5.52 Å². The van der Waals surface area contributed by atoms with Gasteiger partial charge in [-0.05, 0) is 19.2 Å². The molecule has 0 bridgehead atoms. The quantitative estimate of drug-likeness (QED) is 0.812. The van der Waals surface area contributed by atoms with Gasteiger partial charge in [0.1, 0.15) is 0 Å². The van der Waals surface area contributed by atoms with Crippen molar-refractivity contribution >= 4 is 28.8 Å². The maximum absolute atomic E-state index is 11.2. The molecule has 0 N–H and O–H groups in total. The van der Waals surface area contributed by atoms with E-state index in [4.69, 9.17) is 11.6 Å². The smallest absolute Gasteiger partial charge is 0.152 e. The zero-order valence-electron chi connectivity index (χ0n) is 12.3. The molecule has 0 unspecified atom stereocenters. The van der Waals surface area contributed by atoms with E-state index in [1.54, 1.807) is 0 Å². The number of aromatic nitrogens is 1. The molecule has 5 heteroatoms. The Morgan fingerprint density at radius 3 is 2.67 bits per heavy atom. The lowest BCUT2D eigenvalue weighted by Crippen LogP contribution is -2.45. The molecule has 0 saturated carbocycles. The van der Waals surface area contributed by atoms with Crippen LogP contribution in [-0.4, -0.2) is 60.4 Å². The molecule has 1 aromatic heterocycles. The number of rotatable bonds is 4. The van der Waals surface area contributed by atoms with Gasteiger partial charge in [-0.25, -0.2) is 0 Å². The monoisotopic (exact) mass is 305 g/mol. The van der Waals surface area contributed by atoms with Crippen LogP contribution in [-0.2, 0) is 6.54 Å². The first-order valence-electron chi connectivity index (χ1n) is 7.32. The predicted molar refractivity (Wildman–Crippen MR) is 86.3 cm³/mol. The van der Waals surface area contributed by atoms with E-state index in [2.05, 4.69) is 21.4 Å². The van der Waals surface area contributed by atoms with E-state index < -0.39 is 0 Å². The molecule has 0 aliphatic carbocycles. The van der Waals surface area contributed by atoms with Crippen molar-refractivity contribution in [3.05, 3.63) is 35.0 Å². The molecule has 4 nitrogen and oxygen atoms in total. The standard InChI is InChI=1S/C16H20ClN3O/c1-18-4-6-19(7-5-18)8-9-20-11-13(12-21)15-3-2-14(17)10-16(15)20/h2-3,10-12H,4-9H2,1H3. The van der Waals surface area contributed by atoms with Crippen LogP contribution in [0, 0.1) is 0 Å². The van der Waals surface area contributed by atoms with Gasteiger partial charge < -0.3 is 9.47 Å². The Labute approximate surface area is 129 Å². The number of likely N-dealkylation sites (N-methyl/N-ethyl adjacent to an activating group) is 1. The zero-order valence-corrected chi connectivity index (χ0v) is 13.0. The average Bonchev–Trinajstić information content (AvgIpc) is 2.84. The van der Waals surface area contributed by atoms with Crippen LogP contribution in [0.2, 0.25) is 5.02 Å². The maximum atomic E-state index is 11.2. The van der Waals surface area contributed by atoms with E-state index in [9.17, 15) is 4.79 Å². The first-order chi connectivity index (χ1) is 10.2. The molecule has 1 aliphatic heterocycles. The van der Waals surface area contributed by atoms with E-state index in [1.165, 1.54) is 0 Å². The van der Waals surface area contributed by atoms with Crippen molar-refractivity contribution in [3.8, 4) is 0 Å². The summed E-state index contributed by atoms with van der Waals surface area (Å²) < 4.78 is 2.14. The number of carbonyl (C=O) groups excluding carboxylic acids is 1. The molecule has 3 rings (SSSR count). The van der Waals surface area contributed by atoms with Crippen molar-refractivity contribution in [2.24, 2.45) is 0 Å². The second kappa shape index (κ2) is 6.18. The lowest BCUT2D eigenvalue weighted by Gasteiger charge is -2.32. The highest BCUT2D eigenvalue weighted by Crippen LogP contribution is 2.24. The number of benzene rings is 1. The molecule has 0 radical (unpaired) electrons. The summed E-state index contributed by atoms with van der Waals surface area (Å²) in [5.41, 5.74) is 1.78. The number of aldehydes is 1. The van der Waals surface area contributed by atoms with Gasteiger partial charge in [0.25, 0.3) is 0 Å². The van der Waals surface area contributed by atoms with Crippen LogP contribution in [0.4, 0.5) is 0 Å². The van der Waals surface area contributed by atoms with Crippen LogP contribution < -0.4 is 0 Å². The summed E-state index contributed by atoms with van der Waals surface area (Å²) in [7, 11) is 2.16. The molecular formula is C16H20ClN3O. The van der Waals surface area contributed by atoms with Crippen LogP contribution in [0.1, 0.15) is 10.4 Å². The van der Waals surface area contributed by atoms with Crippen molar-refractivity contribution in [1.29, 1.82) is 0 Å². The fourth-order valence-corrected chi connectivity index (χ4v) is 3.06. The van der Waals surface area contributed by atoms with Gasteiger partial charge in [-0.3, -0.25) is 9.69 Å². The van der Waals surface area contributed by atoms with E-state index in [0.29, 0.717) is 5.02 Å².